The van der Waals surface area contributed by atoms with Gasteiger partial charge in [0, 0.05) is 18.0 Å². The molecule has 0 fully saturated rings. The molecule has 1 amide bonds. The van der Waals surface area contributed by atoms with E-state index in [1.54, 1.807) is 23.3 Å². The van der Waals surface area contributed by atoms with Crippen LogP contribution in [0.15, 0.2) is 17.5 Å². The second-order valence-electron chi connectivity index (χ2n) is 4.41. The zero-order valence-electron chi connectivity index (χ0n) is 11.1. The number of thiophene rings is 1. The van der Waals surface area contributed by atoms with E-state index in [-0.39, 0.29) is 12.1 Å². The highest BCUT2D eigenvalue weighted by Gasteiger charge is 2.12. The fraction of sp³-hybridized carbons (Fsp3) is 0.615. The molecule has 5 heteroatoms. The van der Waals surface area contributed by atoms with E-state index in [9.17, 15) is 4.79 Å². The van der Waals surface area contributed by atoms with Gasteiger partial charge in [0.05, 0.1) is 6.54 Å². The van der Waals surface area contributed by atoms with Gasteiger partial charge in [-0.05, 0) is 17.9 Å². The van der Waals surface area contributed by atoms with E-state index in [0.717, 1.165) is 24.1 Å². The Balaban J connectivity index is 2.23. The van der Waals surface area contributed by atoms with Crippen molar-refractivity contribution < 1.29 is 9.53 Å². The second kappa shape index (κ2) is 8.11. The second-order valence-corrected chi connectivity index (χ2v) is 5.45. The molecule has 1 unspecified atom stereocenters. The maximum Gasteiger partial charge on any atom is 0.409 e. The Hall–Kier alpha value is -1.07. The van der Waals surface area contributed by atoms with Crippen LogP contribution >= 0.6 is 11.3 Å². The van der Waals surface area contributed by atoms with Gasteiger partial charge in [0.15, 0.2) is 0 Å². The van der Waals surface area contributed by atoms with Gasteiger partial charge in [-0.15, -0.1) is 11.3 Å². The lowest BCUT2D eigenvalue weighted by molar-refractivity contribution is 0.102. The highest BCUT2D eigenvalue weighted by Crippen LogP contribution is 2.11. The minimum atomic E-state index is -0.310. The van der Waals surface area contributed by atoms with Crippen LogP contribution in [0.5, 0.6) is 0 Å². The average Bonchev–Trinajstić information content (AvgIpc) is 2.86. The van der Waals surface area contributed by atoms with E-state index in [4.69, 9.17) is 10.5 Å². The van der Waals surface area contributed by atoms with Crippen molar-refractivity contribution in [1.82, 2.24) is 4.90 Å². The number of amides is 1. The number of carbonyl (C=O) groups is 1. The summed E-state index contributed by atoms with van der Waals surface area (Å²) in [6.07, 6.45) is 2.78. The normalized spacial score (nSPS) is 12.2. The maximum absolute atomic E-state index is 11.7. The monoisotopic (exact) mass is 270 g/mol. The van der Waals surface area contributed by atoms with Crippen LogP contribution in [0.25, 0.3) is 0 Å². The number of ether oxygens (including phenoxy) is 1. The van der Waals surface area contributed by atoms with Crippen LogP contribution in [-0.2, 0) is 11.3 Å². The van der Waals surface area contributed by atoms with Gasteiger partial charge < -0.3 is 15.4 Å². The molecule has 0 saturated heterocycles. The fourth-order valence-corrected chi connectivity index (χ4v) is 2.30. The summed E-state index contributed by atoms with van der Waals surface area (Å²) in [6.45, 7) is 3.00. The molecule has 4 nitrogen and oxygen atoms in total. The maximum atomic E-state index is 11.7. The lowest BCUT2D eigenvalue weighted by Crippen LogP contribution is -2.32. The Bertz CT molecular complexity index is 341. The van der Waals surface area contributed by atoms with Crippen LogP contribution in [0, 0.1) is 0 Å². The Labute approximate surface area is 113 Å². The van der Waals surface area contributed by atoms with Crippen LogP contribution in [-0.4, -0.2) is 30.7 Å². The number of nitrogens with zero attached hydrogens (tertiary/aromatic N) is 1. The molecular weight excluding hydrogens is 248 g/mol. The molecule has 0 spiro atoms. The first-order valence-electron chi connectivity index (χ1n) is 6.29. The van der Waals surface area contributed by atoms with Crippen molar-refractivity contribution in [2.45, 2.75) is 38.8 Å². The van der Waals surface area contributed by atoms with E-state index in [1.807, 2.05) is 17.5 Å². The van der Waals surface area contributed by atoms with Crippen LogP contribution < -0.4 is 5.73 Å². The van der Waals surface area contributed by atoms with E-state index in [0.29, 0.717) is 13.2 Å². The molecule has 1 atom stereocenters. The summed E-state index contributed by atoms with van der Waals surface area (Å²) >= 11 is 1.63. The molecule has 0 aromatic carbocycles. The first kappa shape index (κ1) is 15.0. The molecule has 1 rings (SSSR count). The van der Waals surface area contributed by atoms with Gasteiger partial charge >= 0.3 is 6.09 Å². The molecule has 1 heterocycles. The summed E-state index contributed by atoms with van der Waals surface area (Å²) < 4.78 is 5.18. The summed E-state index contributed by atoms with van der Waals surface area (Å²) in [7, 11) is 1.74. The zero-order chi connectivity index (χ0) is 13.4. The minimum absolute atomic E-state index is 0.0518. The minimum Gasteiger partial charge on any atom is -0.448 e. The molecule has 0 aliphatic rings. The number of hydrogen-bond acceptors (Lipinski definition) is 4. The molecule has 1 aromatic rings. The van der Waals surface area contributed by atoms with Gasteiger partial charge in [-0.25, -0.2) is 4.79 Å². The molecule has 102 valence electrons. The summed E-state index contributed by atoms with van der Waals surface area (Å²) in [5.74, 6) is 0. The van der Waals surface area contributed by atoms with Gasteiger partial charge in [0.2, 0.25) is 0 Å². The van der Waals surface area contributed by atoms with Gasteiger partial charge in [-0.3, -0.25) is 0 Å². The molecule has 1 aromatic heterocycles. The Kier molecular flexibility index (Phi) is 6.75. The SMILES string of the molecule is CCCCC(N)COC(=O)N(C)Cc1cccs1. The van der Waals surface area contributed by atoms with Gasteiger partial charge in [0.1, 0.15) is 6.61 Å². The quantitative estimate of drug-likeness (QED) is 0.829. The number of unbranched alkanes of at least 4 members (excludes halogenated alkanes) is 1. The number of rotatable bonds is 7. The predicted molar refractivity (Wildman–Crippen MR) is 74.6 cm³/mol. The lowest BCUT2D eigenvalue weighted by atomic mass is 10.1. The van der Waals surface area contributed by atoms with E-state index >= 15 is 0 Å². The fourth-order valence-electron chi connectivity index (χ4n) is 1.54. The summed E-state index contributed by atoms with van der Waals surface area (Å²) in [4.78, 5) is 14.4. The molecule has 0 saturated carbocycles. The van der Waals surface area contributed by atoms with Gasteiger partial charge in [-0.2, -0.15) is 0 Å². The third-order valence-corrected chi connectivity index (χ3v) is 3.50. The number of carbonyl (C=O) groups excluding carboxylic acids is 1. The molecule has 0 bridgehead atoms. The number of nitrogens with two attached hydrogens (primary N) is 1. The zero-order valence-corrected chi connectivity index (χ0v) is 11.9. The lowest BCUT2D eigenvalue weighted by Gasteiger charge is -2.18. The van der Waals surface area contributed by atoms with Crippen molar-refractivity contribution in [2.75, 3.05) is 13.7 Å². The van der Waals surface area contributed by atoms with Crippen LogP contribution in [0.4, 0.5) is 4.79 Å². The predicted octanol–water partition coefficient (Wildman–Crippen LogP) is 2.83. The molecular formula is C13H22N2O2S. The Morgan fingerprint density at radius 1 is 1.61 bits per heavy atom. The summed E-state index contributed by atoms with van der Waals surface area (Å²) in [5, 5.41) is 2.00. The highest BCUT2D eigenvalue weighted by molar-refractivity contribution is 7.09. The molecule has 2 N–H and O–H groups in total. The topological polar surface area (TPSA) is 55.6 Å². The van der Waals surface area contributed by atoms with E-state index in [2.05, 4.69) is 6.92 Å². The largest absolute Gasteiger partial charge is 0.448 e. The Morgan fingerprint density at radius 2 is 2.39 bits per heavy atom. The molecule has 0 radical (unpaired) electrons. The molecule has 0 aliphatic heterocycles. The highest BCUT2D eigenvalue weighted by atomic mass is 32.1. The van der Waals surface area contributed by atoms with Crippen molar-refractivity contribution in [3.05, 3.63) is 22.4 Å². The summed E-state index contributed by atoms with van der Waals surface area (Å²) in [6, 6.07) is 3.92. The standard InChI is InChI=1S/C13H22N2O2S/c1-3-4-6-11(14)10-17-13(16)15(2)9-12-7-5-8-18-12/h5,7-8,11H,3-4,6,9-10,14H2,1-2H3. The van der Waals surface area contributed by atoms with E-state index < -0.39 is 0 Å². The summed E-state index contributed by atoms with van der Waals surface area (Å²) in [5.41, 5.74) is 5.85. The van der Waals surface area contributed by atoms with E-state index in [1.165, 1.54) is 0 Å². The van der Waals surface area contributed by atoms with Crippen molar-refractivity contribution in [3.8, 4) is 0 Å². The third kappa shape index (κ3) is 5.51. The molecule has 0 aliphatic carbocycles. The van der Waals surface area contributed by atoms with Crippen LogP contribution in [0.1, 0.15) is 31.1 Å². The molecule has 18 heavy (non-hydrogen) atoms. The van der Waals surface area contributed by atoms with Gasteiger partial charge in [0.25, 0.3) is 0 Å². The number of hydrogen-bond donors (Lipinski definition) is 1. The van der Waals surface area contributed by atoms with Crippen LogP contribution in [0.2, 0.25) is 0 Å². The average molecular weight is 270 g/mol. The van der Waals surface area contributed by atoms with Gasteiger partial charge in [-0.1, -0.05) is 25.8 Å². The van der Waals surface area contributed by atoms with Crippen molar-refractivity contribution >= 4 is 17.4 Å². The Morgan fingerprint density at radius 3 is 3.00 bits per heavy atom. The van der Waals surface area contributed by atoms with Crippen molar-refractivity contribution in [1.29, 1.82) is 0 Å². The van der Waals surface area contributed by atoms with Crippen LogP contribution in [0.3, 0.4) is 0 Å². The first-order valence-corrected chi connectivity index (χ1v) is 7.17. The smallest absolute Gasteiger partial charge is 0.409 e. The third-order valence-electron chi connectivity index (χ3n) is 2.63. The van der Waals surface area contributed by atoms with Crippen molar-refractivity contribution in [3.63, 3.8) is 0 Å². The van der Waals surface area contributed by atoms with Crippen molar-refractivity contribution in [2.24, 2.45) is 5.73 Å². The first-order chi connectivity index (χ1) is 8.63.